The highest BCUT2D eigenvalue weighted by Gasteiger charge is 2.09. The second-order valence-corrected chi connectivity index (χ2v) is 6.92. The predicted molar refractivity (Wildman–Crippen MR) is 89.9 cm³/mol. The largest absolute Gasteiger partial charge is 0.486 e. The average Bonchev–Trinajstić information content (AvgIpc) is 2.87. The molecular formula is C14H15Cl3N2OS. The van der Waals surface area contributed by atoms with Crippen LogP contribution in [0.4, 0.5) is 0 Å². The van der Waals surface area contributed by atoms with E-state index >= 15 is 0 Å². The third-order valence-corrected chi connectivity index (χ3v) is 4.53. The maximum Gasteiger partial charge on any atom is 0.140 e. The van der Waals surface area contributed by atoms with Crippen molar-refractivity contribution >= 4 is 46.1 Å². The first-order valence-corrected chi connectivity index (χ1v) is 8.41. The van der Waals surface area contributed by atoms with E-state index in [1.165, 1.54) is 0 Å². The van der Waals surface area contributed by atoms with Gasteiger partial charge in [0.1, 0.15) is 17.4 Å². The zero-order chi connectivity index (χ0) is 15.4. The van der Waals surface area contributed by atoms with Crippen molar-refractivity contribution in [2.24, 2.45) is 0 Å². The van der Waals surface area contributed by atoms with Gasteiger partial charge < -0.3 is 10.1 Å². The predicted octanol–water partition coefficient (Wildman–Crippen LogP) is 5.18. The fourth-order valence-electron chi connectivity index (χ4n) is 1.55. The van der Waals surface area contributed by atoms with Gasteiger partial charge in [-0.3, -0.25) is 0 Å². The van der Waals surface area contributed by atoms with Crippen LogP contribution in [0.25, 0.3) is 0 Å². The van der Waals surface area contributed by atoms with Crippen LogP contribution in [-0.2, 0) is 13.2 Å². The Labute approximate surface area is 143 Å². The number of ether oxygens (including phenoxy) is 1. The van der Waals surface area contributed by atoms with E-state index in [4.69, 9.17) is 39.5 Å². The Morgan fingerprint density at radius 3 is 2.62 bits per heavy atom. The zero-order valence-corrected chi connectivity index (χ0v) is 14.7. The Bertz CT molecular complexity index is 616. The van der Waals surface area contributed by atoms with Crippen LogP contribution in [0.15, 0.2) is 17.5 Å². The fraction of sp³-hybridized carbons (Fsp3) is 0.357. The highest BCUT2D eigenvalue weighted by Crippen LogP contribution is 2.34. The summed E-state index contributed by atoms with van der Waals surface area (Å²) in [5.41, 5.74) is 0.864. The van der Waals surface area contributed by atoms with Gasteiger partial charge in [-0.2, -0.15) is 0 Å². The number of hydrogen-bond acceptors (Lipinski definition) is 4. The summed E-state index contributed by atoms with van der Waals surface area (Å²) in [6.45, 7) is 5.31. The summed E-state index contributed by atoms with van der Waals surface area (Å²) < 4.78 is 5.65. The van der Waals surface area contributed by atoms with E-state index in [1.54, 1.807) is 23.5 Å². The number of nitrogens with zero attached hydrogens (tertiary/aromatic N) is 1. The van der Waals surface area contributed by atoms with E-state index < -0.39 is 0 Å². The van der Waals surface area contributed by atoms with Crippen molar-refractivity contribution in [3.05, 3.63) is 43.3 Å². The lowest BCUT2D eigenvalue weighted by Crippen LogP contribution is -2.21. The molecule has 0 amide bonds. The molecule has 1 aromatic heterocycles. The molecule has 0 aliphatic heterocycles. The number of aromatic nitrogens is 1. The number of nitrogens with one attached hydrogen (secondary N) is 1. The number of benzene rings is 1. The molecule has 1 heterocycles. The van der Waals surface area contributed by atoms with Gasteiger partial charge in [-0.15, -0.1) is 11.3 Å². The molecule has 1 N–H and O–H groups in total. The maximum absolute atomic E-state index is 6.06. The molecule has 0 saturated heterocycles. The lowest BCUT2D eigenvalue weighted by Gasteiger charge is -2.08. The minimum atomic E-state index is 0.343. The van der Waals surface area contributed by atoms with Crippen LogP contribution in [0.1, 0.15) is 24.5 Å². The molecule has 0 aliphatic carbocycles. The molecule has 0 fully saturated rings. The number of hydrogen-bond donors (Lipinski definition) is 1. The fourth-order valence-corrected chi connectivity index (χ4v) is 2.88. The molecule has 21 heavy (non-hydrogen) atoms. The second-order valence-electron chi connectivity index (χ2n) is 4.75. The second kappa shape index (κ2) is 7.65. The van der Waals surface area contributed by atoms with Gasteiger partial charge in [0.05, 0.1) is 20.8 Å². The highest BCUT2D eigenvalue weighted by molar-refractivity contribution is 7.09. The minimum absolute atomic E-state index is 0.343. The third-order valence-electron chi connectivity index (χ3n) is 2.61. The van der Waals surface area contributed by atoms with Crippen LogP contribution >= 0.6 is 46.1 Å². The zero-order valence-electron chi connectivity index (χ0n) is 11.6. The Balaban J connectivity index is 1.96. The van der Waals surface area contributed by atoms with Crippen molar-refractivity contribution in [2.45, 2.75) is 33.0 Å². The summed E-state index contributed by atoms with van der Waals surface area (Å²) in [4.78, 5) is 4.50. The lowest BCUT2D eigenvalue weighted by atomic mass is 10.3. The molecule has 2 rings (SSSR count). The summed E-state index contributed by atoms with van der Waals surface area (Å²) in [5, 5.41) is 7.58. The van der Waals surface area contributed by atoms with Crippen molar-refractivity contribution in [3.63, 3.8) is 0 Å². The molecule has 0 atom stereocenters. The normalized spacial score (nSPS) is 11.1. The number of halogens is 3. The van der Waals surface area contributed by atoms with Crippen LogP contribution in [0.5, 0.6) is 5.75 Å². The van der Waals surface area contributed by atoms with Crippen molar-refractivity contribution in [1.82, 2.24) is 10.3 Å². The van der Waals surface area contributed by atoms with Crippen molar-refractivity contribution in [3.8, 4) is 5.75 Å². The first-order chi connectivity index (χ1) is 9.95. The van der Waals surface area contributed by atoms with E-state index in [0.717, 1.165) is 17.2 Å². The molecule has 0 unspecified atom stereocenters. The van der Waals surface area contributed by atoms with E-state index in [0.29, 0.717) is 33.5 Å². The standard InChI is InChI=1S/C14H15Cl3N2OS/c1-8(2)18-5-14-19-9(7-21-14)6-20-13-4-11(16)10(15)3-12(13)17/h3-4,7-8,18H,5-6H2,1-2H3. The Morgan fingerprint density at radius 1 is 1.19 bits per heavy atom. The van der Waals surface area contributed by atoms with Gasteiger partial charge in [0, 0.05) is 24.0 Å². The summed E-state index contributed by atoms with van der Waals surface area (Å²) in [7, 11) is 0. The summed E-state index contributed by atoms with van der Waals surface area (Å²) in [5.74, 6) is 0.501. The van der Waals surface area contributed by atoms with Crippen LogP contribution in [0.3, 0.4) is 0 Å². The van der Waals surface area contributed by atoms with E-state index in [-0.39, 0.29) is 0 Å². The maximum atomic E-state index is 6.06. The summed E-state index contributed by atoms with van der Waals surface area (Å²) in [6.07, 6.45) is 0. The highest BCUT2D eigenvalue weighted by atomic mass is 35.5. The van der Waals surface area contributed by atoms with Crippen molar-refractivity contribution in [2.75, 3.05) is 0 Å². The van der Waals surface area contributed by atoms with E-state index in [2.05, 4.69) is 24.1 Å². The van der Waals surface area contributed by atoms with Crippen molar-refractivity contribution < 1.29 is 4.74 Å². The molecule has 0 saturated carbocycles. The Morgan fingerprint density at radius 2 is 1.90 bits per heavy atom. The molecule has 3 nitrogen and oxygen atoms in total. The van der Waals surface area contributed by atoms with Gasteiger partial charge in [0.2, 0.25) is 0 Å². The molecule has 1 aromatic carbocycles. The average molecular weight is 366 g/mol. The minimum Gasteiger partial charge on any atom is -0.486 e. The van der Waals surface area contributed by atoms with Gasteiger partial charge in [-0.25, -0.2) is 4.98 Å². The van der Waals surface area contributed by atoms with Gasteiger partial charge in [0.25, 0.3) is 0 Å². The van der Waals surface area contributed by atoms with Crippen LogP contribution in [-0.4, -0.2) is 11.0 Å². The van der Waals surface area contributed by atoms with Crippen LogP contribution in [0, 0.1) is 0 Å². The molecule has 7 heteroatoms. The van der Waals surface area contributed by atoms with E-state index in [9.17, 15) is 0 Å². The quantitative estimate of drug-likeness (QED) is 0.716. The van der Waals surface area contributed by atoms with E-state index in [1.807, 2.05) is 5.38 Å². The molecule has 0 spiro atoms. The number of rotatable bonds is 6. The number of thiazole rings is 1. The lowest BCUT2D eigenvalue weighted by molar-refractivity contribution is 0.302. The smallest absolute Gasteiger partial charge is 0.140 e. The Kier molecular flexibility index (Phi) is 6.14. The first kappa shape index (κ1) is 16.8. The molecule has 2 aromatic rings. The third kappa shape index (κ3) is 5.01. The van der Waals surface area contributed by atoms with Crippen LogP contribution < -0.4 is 10.1 Å². The molecule has 0 aliphatic rings. The van der Waals surface area contributed by atoms with Gasteiger partial charge >= 0.3 is 0 Å². The molecule has 0 radical (unpaired) electrons. The topological polar surface area (TPSA) is 34.2 Å². The Hall–Kier alpha value is -0.520. The van der Waals surface area contributed by atoms with Gasteiger partial charge in [-0.05, 0) is 6.07 Å². The SMILES string of the molecule is CC(C)NCc1nc(COc2cc(Cl)c(Cl)cc2Cl)cs1. The van der Waals surface area contributed by atoms with Crippen molar-refractivity contribution in [1.29, 1.82) is 0 Å². The molecule has 114 valence electrons. The summed E-state index contributed by atoms with van der Waals surface area (Å²) >= 11 is 19.5. The first-order valence-electron chi connectivity index (χ1n) is 6.39. The van der Waals surface area contributed by atoms with Gasteiger partial charge in [-0.1, -0.05) is 48.7 Å². The van der Waals surface area contributed by atoms with Crippen LogP contribution in [0.2, 0.25) is 15.1 Å². The molecule has 0 bridgehead atoms. The monoisotopic (exact) mass is 364 g/mol. The van der Waals surface area contributed by atoms with Gasteiger partial charge in [0.15, 0.2) is 0 Å². The molecular weight excluding hydrogens is 351 g/mol. The summed E-state index contributed by atoms with van der Waals surface area (Å²) in [6, 6.07) is 3.61.